The smallest absolute Gasteiger partial charge is 0.261 e. The van der Waals surface area contributed by atoms with Gasteiger partial charge in [0.25, 0.3) is 5.56 Å². The number of aromatic amines is 1. The molecule has 0 spiro atoms. The third-order valence-electron chi connectivity index (χ3n) is 6.23. The Hall–Kier alpha value is -2.49. The summed E-state index contributed by atoms with van der Waals surface area (Å²) in [6, 6.07) is 7.79. The first-order chi connectivity index (χ1) is 15.2. The van der Waals surface area contributed by atoms with Gasteiger partial charge in [0.15, 0.2) is 5.82 Å². The number of hydrogen-bond donors (Lipinski definition) is 2. The van der Waals surface area contributed by atoms with Crippen LogP contribution in [0.5, 0.6) is 0 Å². The molecule has 9 heteroatoms. The predicted molar refractivity (Wildman–Crippen MR) is 125 cm³/mol. The maximum atomic E-state index is 12.9. The van der Waals surface area contributed by atoms with E-state index >= 15 is 0 Å². The van der Waals surface area contributed by atoms with E-state index in [4.69, 9.17) is 9.84 Å². The van der Waals surface area contributed by atoms with Gasteiger partial charge < -0.3 is 15.0 Å². The summed E-state index contributed by atoms with van der Waals surface area (Å²) in [4.78, 5) is 16.3. The number of ether oxygens (including phenoxy) is 1. The highest BCUT2D eigenvalue weighted by atomic mass is 32.2. The molecule has 8 nitrogen and oxygen atoms in total. The van der Waals surface area contributed by atoms with E-state index in [9.17, 15) is 9.00 Å². The van der Waals surface area contributed by atoms with Gasteiger partial charge in [-0.05, 0) is 70.4 Å². The number of aromatic nitrogens is 3. The van der Waals surface area contributed by atoms with Crippen molar-refractivity contribution in [1.29, 1.82) is 0 Å². The van der Waals surface area contributed by atoms with Gasteiger partial charge in [0.05, 0.1) is 29.2 Å². The zero-order valence-electron chi connectivity index (χ0n) is 18.8. The summed E-state index contributed by atoms with van der Waals surface area (Å²) in [5, 5.41) is 8.67. The number of benzene rings is 1. The Labute approximate surface area is 189 Å². The van der Waals surface area contributed by atoms with Crippen LogP contribution in [0.4, 0.5) is 11.5 Å². The molecule has 1 saturated heterocycles. The fraction of sp³-hybridized carbons (Fsp3) is 0.478. The Balaban J connectivity index is 1.50. The molecule has 2 N–H and O–H groups in total. The van der Waals surface area contributed by atoms with Crippen molar-refractivity contribution >= 4 is 33.4 Å². The summed E-state index contributed by atoms with van der Waals surface area (Å²) in [6.45, 7) is 9.48. The van der Waals surface area contributed by atoms with E-state index in [1.165, 1.54) is 0 Å². The van der Waals surface area contributed by atoms with Gasteiger partial charge in [0.2, 0.25) is 0 Å². The molecule has 3 aromatic rings. The van der Waals surface area contributed by atoms with E-state index in [0.717, 1.165) is 34.5 Å². The average molecular weight is 456 g/mol. The normalized spacial score (nSPS) is 24.1. The summed E-state index contributed by atoms with van der Waals surface area (Å²) in [6.07, 6.45) is 3.82. The molecule has 5 rings (SSSR count). The first kappa shape index (κ1) is 21.4. The molecule has 2 aliphatic rings. The molecular weight excluding hydrogens is 426 g/mol. The van der Waals surface area contributed by atoms with Gasteiger partial charge in [0, 0.05) is 24.0 Å². The number of anilines is 2. The van der Waals surface area contributed by atoms with E-state index in [1.54, 1.807) is 6.20 Å². The molecule has 170 valence electrons. The minimum absolute atomic E-state index is 0.0915. The Kier molecular flexibility index (Phi) is 5.22. The first-order valence-corrected chi connectivity index (χ1v) is 12.1. The minimum atomic E-state index is -1.17. The molecule has 0 saturated carbocycles. The Morgan fingerprint density at radius 3 is 2.78 bits per heavy atom. The lowest BCUT2D eigenvalue weighted by Gasteiger charge is -2.29. The van der Waals surface area contributed by atoms with Gasteiger partial charge in [-0.3, -0.25) is 9.48 Å². The number of fused-ring (bicyclic) bond motifs is 2. The average Bonchev–Trinajstić information content (AvgIpc) is 3.27. The third kappa shape index (κ3) is 3.68. The number of H-pyrrole nitrogens is 1. The van der Waals surface area contributed by atoms with Gasteiger partial charge in [0.1, 0.15) is 16.4 Å². The maximum Gasteiger partial charge on any atom is 0.261 e. The lowest BCUT2D eigenvalue weighted by molar-refractivity contribution is -0.00249. The second kappa shape index (κ2) is 7.83. The van der Waals surface area contributed by atoms with E-state index < -0.39 is 11.0 Å². The quantitative estimate of drug-likeness (QED) is 0.626. The molecule has 2 aliphatic heterocycles. The number of rotatable bonds is 3. The van der Waals surface area contributed by atoms with E-state index in [-0.39, 0.29) is 23.2 Å². The van der Waals surface area contributed by atoms with Crippen molar-refractivity contribution in [3.05, 3.63) is 46.4 Å². The second-order valence-corrected chi connectivity index (χ2v) is 11.0. The molecule has 4 heterocycles. The molecular formula is C23H29N5O3S. The van der Waals surface area contributed by atoms with Gasteiger partial charge in [-0.25, -0.2) is 8.51 Å². The summed E-state index contributed by atoms with van der Waals surface area (Å²) < 4.78 is 22.6. The molecule has 0 bridgehead atoms. The molecule has 1 unspecified atom stereocenters. The summed E-state index contributed by atoms with van der Waals surface area (Å²) in [5.41, 5.74) is 2.26. The fourth-order valence-corrected chi connectivity index (χ4v) is 5.96. The number of nitrogens with zero attached hydrogens (tertiary/aromatic N) is 3. The van der Waals surface area contributed by atoms with Crippen LogP contribution in [0.3, 0.4) is 0 Å². The van der Waals surface area contributed by atoms with Crippen LogP contribution in [0.2, 0.25) is 0 Å². The maximum absolute atomic E-state index is 12.9. The highest BCUT2D eigenvalue weighted by molar-refractivity contribution is 7.83. The number of hydrogen-bond acceptors (Lipinski definition) is 5. The van der Waals surface area contributed by atoms with Gasteiger partial charge in [-0.15, -0.1) is 0 Å². The van der Waals surface area contributed by atoms with Crippen LogP contribution in [0.15, 0.2) is 40.2 Å². The molecule has 0 aliphatic carbocycles. The van der Waals surface area contributed by atoms with Gasteiger partial charge in [-0.2, -0.15) is 5.10 Å². The van der Waals surface area contributed by atoms with E-state index in [2.05, 4.69) is 38.0 Å². The number of pyridine rings is 1. The lowest BCUT2D eigenvalue weighted by Crippen LogP contribution is -2.38. The van der Waals surface area contributed by atoms with Crippen LogP contribution in [0.25, 0.3) is 10.9 Å². The van der Waals surface area contributed by atoms with Crippen molar-refractivity contribution in [3.8, 4) is 0 Å². The predicted octanol–water partition coefficient (Wildman–Crippen LogP) is 3.84. The highest BCUT2D eigenvalue weighted by Gasteiger charge is 2.35. The zero-order chi connectivity index (χ0) is 22.6. The Morgan fingerprint density at radius 1 is 1.25 bits per heavy atom. The molecule has 1 aromatic carbocycles. The van der Waals surface area contributed by atoms with Crippen LogP contribution >= 0.6 is 0 Å². The number of nitrogens with one attached hydrogen (secondary N) is 2. The monoisotopic (exact) mass is 455 g/mol. The largest absolute Gasteiger partial charge is 0.376 e. The van der Waals surface area contributed by atoms with E-state index in [1.807, 2.05) is 33.3 Å². The Morgan fingerprint density at radius 2 is 2.06 bits per heavy atom. The second-order valence-electron chi connectivity index (χ2n) is 9.64. The van der Waals surface area contributed by atoms with Gasteiger partial charge >= 0.3 is 0 Å². The van der Waals surface area contributed by atoms with Crippen molar-refractivity contribution in [1.82, 2.24) is 19.1 Å². The topological polar surface area (TPSA) is 92.3 Å². The van der Waals surface area contributed by atoms with Crippen molar-refractivity contribution in [2.45, 2.75) is 69.7 Å². The molecule has 3 atom stereocenters. The van der Waals surface area contributed by atoms with Crippen LogP contribution < -0.4 is 10.9 Å². The standard InChI is InChI=1S/C23H29N5O3S/c1-14-5-7-17(13-31-14)28-18-9-10-24-22(29)20(18)21(26-28)25-16-6-8-19-15(11-16)12-27(32(19)30)23(2,3)4/h6,8-11,14,17H,5,7,12-13H2,1-4H3,(H,24,29)(H,25,26)/t14-,17-,32?/m0/s1. The summed E-state index contributed by atoms with van der Waals surface area (Å²) in [5.74, 6) is 0.521. The molecule has 0 radical (unpaired) electrons. The molecule has 0 amide bonds. The first-order valence-electron chi connectivity index (χ1n) is 11.0. The SMILES string of the molecule is C[C@H]1CC[C@H](n2nc(Nc3ccc4c(c3)CN(C(C)(C)C)S4=O)c3c(=O)[nH]ccc32)CO1. The van der Waals surface area contributed by atoms with Crippen LogP contribution in [-0.2, 0) is 22.3 Å². The van der Waals surface area contributed by atoms with Crippen LogP contribution in [0.1, 0.15) is 52.1 Å². The third-order valence-corrected chi connectivity index (χ3v) is 8.08. The molecule has 1 fully saturated rings. The highest BCUT2D eigenvalue weighted by Crippen LogP contribution is 2.35. The summed E-state index contributed by atoms with van der Waals surface area (Å²) >= 11 is 0. The van der Waals surface area contributed by atoms with Crippen molar-refractivity contribution in [2.24, 2.45) is 0 Å². The molecule has 2 aromatic heterocycles. The Bertz CT molecular complexity index is 1250. The minimum Gasteiger partial charge on any atom is -0.376 e. The fourth-order valence-electron chi connectivity index (χ4n) is 4.43. The van der Waals surface area contributed by atoms with Crippen molar-refractivity contribution in [3.63, 3.8) is 0 Å². The molecule has 32 heavy (non-hydrogen) atoms. The lowest BCUT2D eigenvalue weighted by atomic mass is 10.1. The van der Waals surface area contributed by atoms with Crippen LogP contribution in [0, 0.1) is 0 Å². The van der Waals surface area contributed by atoms with Crippen molar-refractivity contribution in [2.75, 3.05) is 11.9 Å². The van der Waals surface area contributed by atoms with E-state index in [0.29, 0.717) is 24.4 Å². The van der Waals surface area contributed by atoms with Crippen molar-refractivity contribution < 1.29 is 8.95 Å². The zero-order valence-corrected chi connectivity index (χ0v) is 19.7. The van der Waals surface area contributed by atoms with Crippen LogP contribution in [-0.4, -0.2) is 41.5 Å². The van der Waals surface area contributed by atoms with Gasteiger partial charge in [-0.1, -0.05) is 0 Å². The summed E-state index contributed by atoms with van der Waals surface area (Å²) in [7, 11) is -1.17.